The molecule has 3 unspecified atom stereocenters. The molecule has 0 aromatic heterocycles. The van der Waals surface area contributed by atoms with Gasteiger partial charge in [-0.1, -0.05) is 0 Å². The Kier molecular flexibility index (Phi) is 3.46. The Morgan fingerprint density at radius 3 is 2.60 bits per heavy atom. The fourth-order valence-corrected chi connectivity index (χ4v) is 3.42. The van der Waals surface area contributed by atoms with Gasteiger partial charge in [0.15, 0.2) is 0 Å². The van der Waals surface area contributed by atoms with E-state index in [9.17, 15) is 19.5 Å². The Balaban J connectivity index is 2.35. The number of rotatable bonds is 4. The summed E-state index contributed by atoms with van der Waals surface area (Å²) < 4.78 is 0. The molecule has 0 aromatic rings. The number of aldehydes is 1. The molecule has 1 saturated heterocycles. The number of nitrogens with zero attached hydrogens (tertiary/aromatic N) is 1. The third kappa shape index (κ3) is 2.24. The molecule has 2 N–H and O–H groups in total. The van der Waals surface area contributed by atoms with Crippen molar-refractivity contribution < 1.29 is 19.5 Å². The molecule has 110 valence electrons. The van der Waals surface area contributed by atoms with Crippen LogP contribution >= 0.6 is 0 Å². The minimum absolute atomic E-state index is 0.0772. The molecule has 6 nitrogen and oxygen atoms in total. The summed E-state index contributed by atoms with van der Waals surface area (Å²) >= 11 is 0. The number of allylic oxidation sites excluding steroid dienone is 1. The van der Waals surface area contributed by atoms with Crippen molar-refractivity contribution in [1.29, 1.82) is 0 Å². The molecule has 2 rings (SSSR count). The monoisotopic (exact) mass is 280 g/mol. The highest BCUT2D eigenvalue weighted by Crippen LogP contribution is 2.51. The number of amides is 1. The topological polar surface area (TPSA) is 86.7 Å². The number of carboxylic acids is 1. The average Bonchev–Trinajstić information content (AvgIpc) is 3.11. The number of nitrogens with one attached hydrogen (secondary N) is 1. The van der Waals surface area contributed by atoms with Gasteiger partial charge in [0.2, 0.25) is 5.91 Å². The van der Waals surface area contributed by atoms with Gasteiger partial charge in [0.25, 0.3) is 0 Å². The highest BCUT2D eigenvalue weighted by molar-refractivity contribution is 5.95. The molecule has 1 aliphatic carbocycles. The van der Waals surface area contributed by atoms with Gasteiger partial charge in [-0.05, 0) is 32.8 Å². The Hall–Kier alpha value is -1.69. The number of piperidine rings is 1. The molecule has 1 heterocycles. The lowest BCUT2D eigenvalue weighted by Crippen LogP contribution is -2.66. The van der Waals surface area contributed by atoms with Crippen LogP contribution in [0.3, 0.4) is 0 Å². The van der Waals surface area contributed by atoms with Crippen LogP contribution < -0.4 is 5.32 Å². The minimum atomic E-state index is -1.20. The molecule has 6 heteroatoms. The summed E-state index contributed by atoms with van der Waals surface area (Å²) in [4.78, 5) is 35.6. The zero-order valence-corrected chi connectivity index (χ0v) is 11.9. The van der Waals surface area contributed by atoms with E-state index in [0.717, 1.165) is 18.6 Å². The first-order valence-electron chi connectivity index (χ1n) is 6.65. The molecule has 2 aliphatic rings. The van der Waals surface area contributed by atoms with E-state index in [0.29, 0.717) is 12.7 Å². The lowest BCUT2D eigenvalue weighted by molar-refractivity contribution is -0.161. The Bertz CT molecular complexity index is 486. The van der Waals surface area contributed by atoms with E-state index >= 15 is 0 Å². The lowest BCUT2D eigenvalue weighted by Gasteiger charge is -2.47. The number of hydrogen-bond acceptors (Lipinski definition) is 4. The quantitative estimate of drug-likeness (QED) is 0.567. The second-order valence-corrected chi connectivity index (χ2v) is 6.28. The van der Waals surface area contributed by atoms with Gasteiger partial charge in [0, 0.05) is 30.6 Å². The van der Waals surface area contributed by atoms with Crippen molar-refractivity contribution in [1.82, 2.24) is 10.2 Å². The second-order valence-electron chi connectivity index (χ2n) is 6.28. The fraction of sp³-hybridized carbons (Fsp3) is 0.643. The first-order valence-corrected chi connectivity index (χ1v) is 6.65. The number of hydrogen-bond donors (Lipinski definition) is 2. The molecule has 1 aliphatic heterocycles. The zero-order valence-electron chi connectivity index (χ0n) is 11.9. The average molecular weight is 280 g/mol. The van der Waals surface area contributed by atoms with Crippen LogP contribution in [0.5, 0.6) is 0 Å². The van der Waals surface area contributed by atoms with Crippen LogP contribution in [0, 0.1) is 5.92 Å². The van der Waals surface area contributed by atoms with Gasteiger partial charge in [0.05, 0.1) is 0 Å². The summed E-state index contributed by atoms with van der Waals surface area (Å²) in [6, 6.07) is 0.139. The second kappa shape index (κ2) is 4.70. The smallest absolute Gasteiger partial charge is 0.330 e. The molecule has 0 spiro atoms. The van der Waals surface area contributed by atoms with Crippen molar-refractivity contribution in [2.75, 3.05) is 7.05 Å². The Morgan fingerprint density at radius 2 is 2.05 bits per heavy atom. The number of fused-ring (bicyclic) bond motifs is 1. The lowest BCUT2D eigenvalue weighted by atomic mass is 9.76. The van der Waals surface area contributed by atoms with Crippen molar-refractivity contribution in [2.45, 2.75) is 43.8 Å². The van der Waals surface area contributed by atoms with Crippen molar-refractivity contribution in [2.24, 2.45) is 5.92 Å². The van der Waals surface area contributed by atoms with Crippen LogP contribution in [0.1, 0.15) is 26.7 Å². The van der Waals surface area contributed by atoms with Gasteiger partial charge in [-0.15, -0.1) is 0 Å². The minimum Gasteiger partial charge on any atom is -0.479 e. The zero-order chi connectivity index (χ0) is 15.1. The highest BCUT2D eigenvalue weighted by Gasteiger charge is 2.65. The Morgan fingerprint density at radius 1 is 1.40 bits per heavy atom. The molecule has 1 saturated carbocycles. The highest BCUT2D eigenvalue weighted by atomic mass is 16.4. The van der Waals surface area contributed by atoms with Crippen molar-refractivity contribution in [3.8, 4) is 0 Å². The summed E-state index contributed by atoms with van der Waals surface area (Å²) in [5, 5.41) is 13.1. The van der Waals surface area contributed by atoms with E-state index in [1.165, 1.54) is 11.9 Å². The third-order valence-corrected chi connectivity index (χ3v) is 4.31. The maximum Gasteiger partial charge on any atom is 0.330 e. The summed E-state index contributed by atoms with van der Waals surface area (Å²) in [6.45, 7) is 3.89. The number of carbonyl (C=O) groups excluding carboxylic acids is 2. The molecule has 2 fully saturated rings. The summed E-state index contributed by atoms with van der Waals surface area (Å²) in [7, 11) is 1.50. The van der Waals surface area contributed by atoms with Crippen LogP contribution in [0.4, 0.5) is 0 Å². The van der Waals surface area contributed by atoms with E-state index in [-0.39, 0.29) is 17.5 Å². The molecular formula is C14H20N2O4. The van der Waals surface area contributed by atoms with Crippen molar-refractivity contribution >= 4 is 18.2 Å². The molecular weight excluding hydrogens is 260 g/mol. The number of carboxylic acid groups (broad SMARTS) is 1. The fourth-order valence-electron chi connectivity index (χ4n) is 3.42. The van der Waals surface area contributed by atoms with Crippen LogP contribution in [0.15, 0.2) is 12.2 Å². The molecule has 20 heavy (non-hydrogen) atoms. The van der Waals surface area contributed by atoms with E-state index in [1.807, 2.05) is 13.8 Å². The van der Waals surface area contributed by atoms with E-state index < -0.39 is 17.4 Å². The largest absolute Gasteiger partial charge is 0.479 e. The SMILES string of the molecule is CN(C(=O)/C=C\C=O)C1(C(=O)O)CC(C)(C)NC2CC21. The van der Waals surface area contributed by atoms with Gasteiger partial charge in [-0.3, -0.25) is 9.59 Å². The standard InChI is InChI=1S/C14H20N2O4/c1-13(2)8-14(12(19)20,9-7-10(9)15-13)16(3)11(18)5-4-6-17/h4-6,9-10,15H,7-8H2,1-3H3,(H,19,20)/b5-4-. The predicted molar refractivity (Wildman–Crippen MR) is 72.1 cm³/mol. The van der Waals surface area contributed by atoms with Gasteiger partial charge in [-0.2, -0.15) is 0 Å². The van der Waals surface area contributed by atoms with Crippen molar-refractivity contribution in [3.63, 3.8) is 0 Å². The molecule has 0 aromatic carbocycles. The van der Waals surface area contributed by atoms with E-state index in [4.69, 9.17) is 0 Å². The van der Waals surface area contributed by atoms with E-state index in [1.54, 1.807) is 0 Å². The van der Waals surface area contributed by atoms with Crippen molar-refractivity contribution in [3.05, 3.63) is 12.2 Å². The Labute approximate surface area is 117 Å². The summed E-state index contributed by atoms with van der Waals surface area (Å²) in [5.41, 5.74) is -1.55. The maximum absolute atomic E-state index is 12.1. The maximum atomic E-state index is 12.1. The first-order chi connectivity index (χ1) is 9.24. The van der Waals surface area contributed by atoms with Gasteiger partial charge in [0.1, 0.15) is 11.8 Å². The molecule has 0 bridgehead atoms. The summed E-state index contributed by atoms with van der Waals surface area (Å²) in [6.07, 6.45) is 3.80. The van der Waals surface area contributed by atoms with Crippen LogP contribution in [0.25, 0.3) is 0 Å². The normalized spacial score (nSPS) is 34.4. The van der Waals surface area contributed by atoms with Gasteiger partial charge < -0.3 is 15.3 Å². The number of carbonyl (C=O) groups is 3. The molecule has 1 amide bonds. The first kappa shape index (κ1) is 14.7. The third-order valence-electron chi connectivity index (χ3n) is 4.31. The van der Waals surface area contributed by atoms with Crippen LogP contribution in [0.2, 0.25) is 0 Å². The summed E-state index contributed by atoms with van der Waals surface area (Å²) in [5.74, 6) is -1.51. The predicted octanol–water partition coefficient (Wildman–Crippen LogP) is 0.184. The van der Waals surface area contributed by atoms with Crippen LogP contribution in [-0.2, 0) is 14.4 Å². The molecule has 0 radical (unpaired) electrons. The van der Waals surface area contributed by atoms with E-state index in [2.05, 4.69) is 5.32 Å². The number of likely N-dealkylation sites (N-methyl/N-ethyl adjacent to an activating group) is 1. The number of aliphatic carboxylic acids is 1. The molecule has 3 atom stereocenters. The van der Waals surface area contributed by atoms with Gasteiger partial charge >= 0.3 is 5.97 Å². The van der Waals surface area contributed by atoms with Crippen LogP contribution in [-0.4, -0.2) is 52.3 Å². The van der Waals surface area contributed by atoms with Gasteiger partial charge in [-0.25, -0.2) is 4.79 Å².